The average molecular weight is 541 g/mol. The summed E-state index contributed by atoms with van der Waals surface area (Å²) in [4.78, 5) is 17.9. The van der Waals surface area contributed by atoms with Gasteiger partial charge in [-0.1, -0.05) is 12.1 Å². The first-order valence-corrected chi connectivity index (χ1v) is 11.3. The molecule has 1 atom stereocenters. The molecule has 0 aliphatic carbocycles. The van der Waals surface area contributed by atoms with Crippen LogP contribution in [0.2, 0.25) is 0 Å². The van der Waals surface area contributed by atoms with E-state index in [0.717, 1.165) is 12.1 Å². The Morgan fingerprint density at radius 3 is 2.50 bits per heavy atom. The zero-order valence-electron chi connectivity index (χ0n) is 16.1. The molecule has 1 aliphatic heterocycles. The molecule has 0 aromatic heterocycles. The second kappa shape index (κ2) is 11.8. The number of rotatable bonds is 7. The van der Waals surface area contributed by atoms with Crippen molar-refractivity contribution in [3.8, 4) is 0 Å². The van der Waals surface area contributed by atoms with Gasteiger partial charge in [0.1, 0.15) is 0 Å². The zero-order valence-corrected chi connectivity index (χ0v) is 20.0. The van der Waals surface area contributed by atoms with E-state index in [1.807, 2.05) is 11.8 Å². The van der Waals surface area contributed by atoms with Gasteiger partial charge in [-0.2, -0.15) is 11.8 Å². The number of guanidine groups is 1. The highest BCUT2D eigenvalue weighted by molar-refractivity contribution is 14.0. The van der Waals surface area contributed by atoms with E-state index in [0.29, 0.717) is 17.8 Å². The summed E-state index contributed by atoms with van der Waals surface area (Å²) in [7, 11) is -0.291. The number of hydrogen-bond donors (Lipinski definition) is 3. The van der Waals surface area contributed by atoms with Gasteiger partial charge in [-0.15, -0.1) is 24.0 Å². The van der Waals surface area contributed by atoms with E-state index in [1.165, 1.54) is 35.6 Å². The summed E-state index contributed by atoms with van der Waals surface area (Å²) in [6.07, 6.45) is 2.41. The monoisotopic (exact) mass is 541 g/mol. The Morgan fingerprint density at radius 1 is 1.29 bits per heavy atom. The van der Waals surface area contributed by atoms with Crippen molar-refractivity contribution < 1.29 is 13.2 Å². The number of nitrogens with zero attached hydrogens (tertiary/aromatic N) is 2. The van der Waals surface area contributed by atoms with Crippen LogP contribution in [0.15, 0.2) is 34.2 Å². The topological polar surface area (TPSA) is 117 Å². The highest BCUT2D eigenvalue weighted by Crippen LogP contribution is 2.25. The Balaban J connectivity index is 0.00000392. The molecule has 1 unspecified atom stereocenters. The molecular weight excluding hydrogens is 513 g/mol. The molecule has 28 heavy (non-hydrogen) atoms. The molecule has 1 amide bonds. The summed E-state index contributed by atoms with van der Waals surface area (Å²) >= 11 is 1.94. The Labute approximate surface area is 188 Å². The normalized spacial score (nSPS) is 17.0. The van der Waals surface area contributed by atoms with Crippen LogP contribution in [0.3, 0.4) is 0 Å². The molecular formula is C17H28IN5O3S2. The smallest absolute Gasteiger partial charge is 0.241 e. The number of thioether (sulfide) groups is 1. The SMILES string of the molecule is CN(C)C(=O)CNC(=NCc1ccc(S(N)(=O)=O)cc1)NCC1CCCS1.I. The van der Waals surface area contributed by atoms with Crippen molar-refractivity contribution >= 4 is 57.6 Å². The number of sulfonamides is 1. The van der Waals surface area contributed by atoms with Gasteiger partial charge in [-0.25, -0.2) is 18.5 Å². The maximum atomic E-state index is 11.8. The second-order valence-electron chi connectivity index (χ2n) is 6.51. The number of nitrogens with one attached hydrogen (secondary N) is 2. The summed E-state index contributed by atoms with van der Waals surface area (Å²) in [6.45, 7) is 1.30. The minimum atomic E-state index is -3.70. The van der Waals surface area contributed by atoms with Crippen molar-refractivity contribution in [3.05, 3.63) is 29.8 Å². The maximum Gasteiger partial charge on any atom is 0.241 e. The van der Waals surface area contributed by atoms with E-state index in [4.69, 9.17) is 5.14 Å². The van der Waals surface area contributed by atoms with Crippen molar-refractivity contribution in [2.24, 2.45) is 10.1 Å². The van der Waals surface area contributed by atoms with Crippen LogP contribution in [0.25, 0.3) is 0 Å². The summed E-state index contributed by atoms with van der Waals surface area (Å²) in [6, 6.07) is 6.29. The number of primary sulfonamides is 1. The predicted octanol–water partition coefficient (Wildman–Crippen LogP) is 0.971. The molecule has 2 rings (SSSR count). The summed E-state index contributed by atoms with van der Waals surface area (Å²) in [5.41, 5.74) is 0.845. The lowest BCUT2D eigenvalue weighted by Gasteiger charge is -2.17. The van der Waals surface area contributed by atoms with E-state index < -0.39 is 10.0 Å². The van der Waals surface area contributed by atoms with Crippen molar-refractivity contribution in [2.45, 2.75) is 29.5 Å². The zero-order chi connectivity index (χ0) is 19.9. The van der Waals surface area contributed by atoms with Crippen molar-refractivity contribution in [1.29, 1.82) is 0 Å². The van der Waals surface area contributed by atoms with Gasteiger partial charge in [0, 0.05) is 25.9 Å². The lowest BCUT2D eigenvalue weighted by atomic mass is 10.2. The molecule has 1 aromatic rings. The van der Waals surface area contributed by atoms with Crippen LogP contribution in [0.4, 0.5) is 0 Å². The van der Waals surface area contributed by atoms with Gasteiger partial charge >= 0.3 is 0 Å². The summed E-state index contributed by atoms with van der Waals surface area (Å²) in [5, 5.41) is 12.0. The molecule has 0 spiro atoms. The van der Waals surface area contributed by atoms with Gasteiger partial charge in [0.15, 0.2) is 5.96 Å². The van der Waals surface area contributed by atoms with E-state index in [2.05, 4.69) is 15.6 Å². The quantitative estimate of drug-likeness (QED) is 0.269. The predicted molar refractivity (Wildman–Crippen MR) is 125 cm³/mol. The van der Waals surface area contributed by atoms with E-state index >= 15 is 0 Å². The Kier molecular flexibility index (Phi) is 10.6. The minimum Gasteiger partial charge on any atom is -0.355 e. The molecule has 0 bridgehead atoms. The molecule has 1 saturated heterocycles. The average Bonchev–Trinajstić information content (AvgIpc) is 3.13. The van der Waals surface area contributed by atoms with Crippen LogP contribution < -0.4 is 15.8 Å². The highest BCUT2D eigenvalue weighted by atomic mass is 127. The maximum absolute atomic E-state index is 11.8. The fraction of sp³-hybridized carbons (Fsp3) is 0.529. The number of hydrogen-bond acceptors (Lipinski definition) is 5. The summed E-state index contributed by atoms with van der Waals surface area (Å²) in [5.74, 6) is 1.70. The van der Waals surface area contributed by atoms with Gasteiger partial charge in [0.2, 0.25) is 15.9 Å². The first-order chi connectivity index (χ1) is 12.8. The van der Waals surface area contributed by atoms with E-state index in [1.54, 1.807) is 26.2 Å². The third-order valence-corrected chi connectivity index (χ3v) is 6.43. The Bertz CT molecular complexity index is 764. The van der Waals surface area contributed by atoms with Crippen molar-refractivity contribution in [1.82, 2.24) is 15.5 Å². The number of likely N-dealkylation sites (N-methyl/N-ethyl adjacent to an activating group) is 1. The van der Waals surface area contributed by atoms with Gasteiger partial charge in [-0.3, -0.25) is 4.79 Å². The largest absolute Gasteiger partial charge is 0.355 e. The fourth-order valence-corrected chi connectivity index (χ4v) is 4.18. The van der Waals surface area contributed by atoms with Crippen molar-refractivity contribution in [2.75, 3.05) is 32.9 Å². The third kappa shape index (κ3) is 8.53. The Hall–Kier alpha value is -1.05. The second-order valence-corrected chi connectivity index (χ2v) is 9.48. The third-order valence-electron chi connectivity index (χ3n) is 4.10. The molecule has 4 N–H and O–H groups in total. The van der Waals surface area contributed by atoms with E-state index in [-0.39, 0.29) is 41.3 Å². The van der Waals surface area contributed by atoms with Crippen LogP contribution in [0.5, 0.6) is 0 Å². The molecule has 0 saturated carbocycles. The number of aliphatic imine (C=N–C) groups is 1. The van der Waals surface area contributed by atoms with Crippen molar-refractivity contribution in [3.63, 3.8) is 0 Å². The molecule has 0 radical (unpaired) electrons. The number of nitrogens with two attached hydrogens (primary N) is 1. The number of carbonyl (C=O) groups excluding carboxylic acids is 1. The van der Waals surface area contributed by atoms with Crippen LogP contribution in [-0.2, 0) is 21.4 Å². The van der Waals surface area contributed by atoms with Gasteiger partial charge in [-0.05, 0) is 36.3 Å². The first kappa shape index (κ1) is 25.0. The van der Waals surface area contributed by atoms with Crippen LogP contribution in [-0.4, -0.2) is 63.4 Å². The lowest BCUT2D eigenvalue weighted by Crippen LogP contribution is -2.44. The first-order valence-electron chi connectivity index (χ1n) is 8.71. The number of carbonyl (C=O) groups is 1. The molecule has 8 nitrogen and oxygen atoms in total. The molecule has 1 fully saturated rings. The highest BCUT2D eigenvalue weighted by Gasteiger charge is 2.16. The van der Waals surface area contributed by atoms with Crippen LogP contribution in [0.1, 0.15) is 18.4 Å². The molecule has 158 valence electrons. The number of halogens is 1. The minimum absolute atomic E-state index is 0. The summed E-state index contributed by atoms with van der Waals surface area (Å²) < 4.78 is 22.6. The molecule has 1 aliphatic rings. The van der Waals surface area contributed by atoms with E-state index in [9.17, 15) is 13.2 Å². The van der Waals surface area contributed by atoms with Crippen LogP contribution >= 0.6 is 35.7 Å². The molecule has 1 heterocycles. The lowest BCUT2D eigenvalue weighted by molar-refractivity contribution is -0.127. The molecule has 1 aromatic carbocycles. The fourth-order valence-electron chi connectivity index (χ4n) is 2.46. The van der Waals surface area contributed by atoms with Crippen LogP contribution in [0, 0.1) is 0 Å². The Morgan fingerprint density at radius 2 is 1.96 bits per heavy atom. The van der Waals surface area contributed by atoms with Gasteiger partial charge in [0.05, 0.1) is 18.0 Å². The van der Waals surface area contributed by atoms with Gasteiger partial charge < -0.3 is 15.5 Å². The van der Waals surface area contributed by atoms with Gasteiger partial charge in [0.25, 0.3) is 0 Å². The number of benzene rings is 1. The number of amides is 1. The molecule has 11 heteroatoms. The standard InChI is InChI=1S/C17H27N5O3S2.HI/c1-22(2)16(23)12-21-17(20-11-14-4-3-9-26-14)19-10-13-5-7-15(8-6-13)27(18,24)25;/h5-8,14H,3-4,9-12H2,1-2H3,(H2,18,24,25)(H2,19,20,21);1H.